The van der Waals surface area contributed by atoms with Crippen molar-refractivity contribution in [3.05, 3.63) is 46.3 Å². The Morgan fingerprint density at radius 2 is 1.75 bits per heavy atom. The summed E-state index contributed by atoms with van der Waals surface area (Å²) < 4.78 is 4.93. The predicted octanol–water partition coefficient (Wildman–Crippen LogP) is 2.83. The molecule has 1 aromatic carbocycles. The van der Waals surface area contributed by atoms with Gasteiger partial charge in [0.05, 0.1) is 6.61 Å². The number of nitrogens with one attached hydrogen (secondary N) is 2. The Hall–Kier alpha value is -2.47. The van der Waals surface area contributed by atoms with Crippen LogP contribution in [0.15, 0.2) is 18.2 Å². The van der Waals surface area contributed by atoms with Gasteiger partial charge in [0.1, 0.15) is 5.69 Å². The number of benzene rings is 1. The Kier molecular flexibility index (Phi) is 5.87. The normalized spacial score (nSPS) is 10.5. The summed E-state index contributed by atoms with van der Waals surface area (Å²) >= 11 is 0. The molecule has 2 aromatic rings. The van der Waals surface area contributed by atoms with Gasteiger partial charge in [-0.25, -0.2) is 9.97 Å². The summed E-state index contributed by atoms with van der Waals surface area (Å²) in [6, 6.07) is 5.87. The molecule has 0 aliphatic heterocycles. The van der Waals surface area contributed by atoms with Crippen LogP contribution in [0.4, 0.5) is 11.6 Å². The van der Waals surface area contributed by atoms with Crippen molar-refractivity contribution in [2.24, 2.45) is 0 Å². The van der Waals surface area contributed by atoms with Crippen LogP contribution in [0.3, 0.4) is 0 Å². The predicted molar refractivity (Wildman–Crippen MR) is 94.9 cm³/mol. The topological polar surface area (TPSA) is 76.1 Å². The molecule has 0 unspecified atom stereocenters. The third-order valence-electron chi connectivity index (χ3n) is 3.59. The molecule has 0 bridgehead atoms. The Morgan fingerprint density at radius 3 is 2.38 bits per heavy atom. The monoisotopic (exact) mass is 328 g/mol. The van der Waals surface area contributed by atoms with Crippen molar-refractivity contribution in [3.8, 4) is 0 Å². The maximum atomic E-state index is 12.2. The number of carbonyl (C=O) groups is 1. The van der Waals surface area contributed by atoms with Gasteiger partial charge in [0.2, 0.25) is 5.95 Å². The van der Waals surface area contributed by atoms with Gasteiger partial charge >= 0.3 is 0 Å². The molecule has 24 heavy (non-hydrogen) atoms. The van der Waals surface area contributed by atoms with Crippen molar-refractivity contribution in [2.75, 3.05) is 25.6 Å². The summed E-state index contributed by atoms with van der Waals surface area (Å²) in [6.07, 6.45) is 0. The maximum absolute atomic E-state index is 12.2. The minimum absolute atomic E-state index is 0.238. The Balaban J connectivity index is 2.24. The van der Waals surface area contributed by atoms with E-state index in [0.29, 0.717) is 24.8 Å². The molecule has 6 nitrogen and oxygen atoms in total. The van der Waals surface area contributed by atoms with Crippen LogP contribution in [0.2, 0.25) is 0 Å². The molecule has 0 saturated heterocycles. The lowest BCUT2D eigenvalue weighted by molar-refractivity contribution is 0.0932. The number of ether oxygens (including phenoxy) is 1. The van der Waals surface area contributed by atoms with E-state index in [9.17, 15) is 4.79 Å². The second-order valence-electron chi connectivity index (χ2n) is 5.87. The van der Waals surface area contributed by atoms with E-state index in [1.54, 1.807) is 13.2 Å². The van der Waals surface area contributed by atoms with Crippen LogP contribution in [-0.4, -0.2) is 36.1 Å². The highest BCUT2D eigenvalue weighted by atomic mass is 16.5. The van der Waals surface area contributed by atoms with Crippen molar-refractivity contribution in [2.45, 2.75) is 27.7 Å². The number of rotatable bonds is 6. The van der Waals surface area contributed by atoms with Crippen LogP contribution in [0.25, 0.3) is 0 Å². The van der Waals surface area contributed by atoms with Gasteiger partial charge in [0, 0.05) is 25.0 Å². The first kappa shape index (κ1) is 17.9. The van der Waals surface area contributed by atoms with Crippen LogP contribution >= 0.6 is 0 Å². The number of methoxy groups -OCH3 is 1. The van der Waals surface area contributed by atoms with Gasteiger partial charge in [-0.3, -0.25) is 4.79 Å². The van der Waals surface area contributed by atoms with Gasteiger partial charge in [-0.2, -0.15) is 0 Å². The minimum atomic E-state index is -0.238. The van der Waals surface area contributed by atoms with Crippen molar-refractivity contribution in [1.82, 2.24) is 15.3 Å². The first-order valence-corrected chi connectivity index (χ1v) is 7.88. The van der Waals surface area contributed by atoms with Gasteiger partial charge in [0.25, 0.3) is 5.91 Å². The molecule has 1 aromatic heterocycles. The molecule has 0 fully saturated rings. The smallest absolute Gasteiger partial charge is 0.270 e. The number of carbonyl (C=O) groups excluding carboxylic acids is 1. The molecule has 0 atom stereocenters. The summed E-state index contributed by atoms with van der Waals surface area (Å²) in [6.45, 7) is 8.88. The Labute approximate surface area is 142 Å². The maximum Gasteiger partial charge on any atom is 0.270 e. The first-order valence-electron chi connectivity index (χ1n) is 7.88. The average molecular weight is 328 g/mol. The van der Waals surface area contributed by atoms with Crippen molar-refractivity contribution < 1.29 is 9.53 Å². The number of nitrogens with zero attached hydrogens (tertiary/aromatic N) is 2. The highest BCUT2D eigenvalue weighted by Gasteiger charge is 2.12. The molecule has 0 spiro atoms. The fourth-order valence-corrected chi connectivity index (χ4v) is 2.59. The SMILES string of the molecule is COCCNC(=O)c1cc(C)nc(Nc2c(C)cc(C)cc2C)n1. The molecule has 1 heterocycles. The molecule has 6 heteroatoms. The highest BCUT2D eigenvalue weighted by Crippen LogP contribution is 2.24. The number of anilines is 2. The van der Waals surface area contributed by atoms with E-state index in [1.807, 2.05) is 20.8 Å². The zero-order chi connectivity index (χ0) is 17.7. The lowest BCUT2D eigenvalue weighted by Crippen LogP contribution is -2.28. The van der Waals surface area contributed by atoms with Gasteiger partial charge in [-0.05, 0) is 44.9 Å². The van der Waals surface area contributed by atoms with Crippen LogP contribution in [-0.2, 0) is 4.74 Å². The Morgan fingerprint density at radius 1 is 1.08 bits per heavy atom. The van der Waals surface area contributed by atoms with E-state index < -0.39 is 0 Å². The van der Waals surface area contributed by atoms with Gasteiger partial charge < -0.3 is 15.4 Å². The standard InChI is InChI=1S/C18H24N4O2/c1-11-8-12(2)16(13(3)9-11)22-18-20-14(4)10-15(21-18)17(23)19-6-7-24-5/h8-10H,6-7H2,1-5H3,(H,19,23)(H,20,21,22). The van der Waals surface area contributed by atoms with Crippen molar-refractivity contribution in [3.63, 3.8) is 0 Å². The van der Waals surface area contributed by atoms with Gasteiger partial charge in [-0.15, -0.1) is 0 Å². The highest BCUT2D eigenvalue weighted by molar-refractivity contribution is 5.92. The van der Waals surface area contributed by atoms with Crippen LogP contribution in [0, 0.1) is 27.7 Å². The molecule has 0 aliphatic carbocycles. The molecule has 2 N–H and O–H groups in total. The second kappa shape index (κ2) is 7.88. The zero-order valence-electron chi connectivity index (χ0n) is 14.9. The summed E-state index contributed by atoms with van der Waals surface area (Å²) in [5.41, 5.74) is 5.47. The van der Waals surface area contributed by atoms with E-state index in [2.05, 4.69) is 39.7 Å². The Bertz CT molecular complexity index is 721. The molecule has 0 aliphatic rings. The lowest BCUT2D eigenvalue weighted by atomic mass is 10.1. The van der Waals surface area contributed by atoms with Crippen LogP contribution < -0.4 is 10.6 Å². The summed E-state index contributed by atoms with van der Waals surface area (Å²) in [5.74, 6) is 0.180. The van der Waals surface area contributed by atoms with Crippen LogP contribution in [0.1, 0.15) is 32.9 Å². The molecular weight excluding hydrogens is 304 g/mol. The molecular formula is C18H24N4O2. The number of amides is 1. The average Bonchev–Trinajstić information content (AvgIpc) is 2.50. The fourth-order valence-electron chi connectivity index (χ4n) is 2.59. The van der Waals surface area contributed by atoms with E-state index in [0.717, 1.165) is 22.5 Å². The van der Waals surface area contributed by atoms with E-state index in [1.165, 1.54) is 5.56 Å². The molecule has 128 valence electrons. The number of aromatic nitrogens is 2. The quantitative estimate of drug-likeness (QED) is 0.798. The van der Waals surface area contributed by atoms with E-state index in [4.69, 9.17) is 4.74 Å². The number of hydrogen-bond donors (Lipinski definition) is 2. The summed E-state index contributed by atoms with van der Waals surface area (Å²) in [7, 11) is 1.59. The molecule has 1 amide bonds. The van der Waals surface area contributed by atoms with E-state index >= 15 is 0 Å². The third kappa shape index (κ3) is 4.52. The number of hydrogen-bond acceptors (Lipinski definition) is 5. The second-order valence-corrected chi connectivity index (χ2v) is 5.87. The summed E-state index contributed by atoms with van der Waals surface area (Å²) in [4.78, 5) is 20.9. The lowest BCUT2D eigenvalue weighted by Gasteiger charge is -2.14. The number of aryl methyl sites for hydroxylation is 4. The van der Waals surface area contributed by atoms with Crippen LogP contribution in [0.5, 0.6) is 0 Å². The molecule has 0 saturated carbocycles. The largest absolute Gasteiger partial charge is 0.383 e. The van der Waals surface area contributed by atoms with Gasteiger partial charge in [0.15, 0.2) is 0 Å². The minimum Gasteiger partial charge on any atom is -0.383 e. The molecule has 0 radical (unpaired) electrons. The summed E-state index contributed by atoms with van der Waals surface area (Å²) in [5, 5.41) is 6.01. The third-order valence-corrected chi connectivity index (χ3v) is 3.59. The first-order chi connectivity index (χ1) is 11.4. The van der Waals surface area contributed by atoms with Crippen molar-refractivity contribution >= 4 is 17.5 Å². The van der Waals surface area contributed by atoms with E-state index in [-0.39, 0.29) is 5.91 Å². The van der Waals surface area contributed by atoms with Crippen molar-refractivity contribution in [1.29, 1.82) is 0 Å². The fraction of sp³-hybridized carbons (Fsp3) is 0.389. The zero-order valence-corrected chi connectivity index (χ0v) is 14.9. The molecule has 2 rings (SSSR count). The van der Waals surface area contributed by atoms with Gasteiger partial charge in [-0.1, -0.05) is 17.7 Å².